The molecule has 0 unspecified atom stereocenters. The second kappa shape index (κ2) is 8.34. The lowest BCUT2D eigenvalue weighted by molar-refractivity contribution is -0.139. The van der Waals surface area contributed by atoms with Gasteiger partial charge in [-0.1, -0.05) is 6.92 Å². The summed E-state index contributed by atoms with van der Waals surface area (Å²) in [4.78, 5) is 11.4. The minimum atomic E-state index is -0.0939. The molecule has 3 nitrogen and oxygen atoms in total. The molecule has 0 heterocycles. The Morgan fingerprint density at radius 3 is 2.94 bits per heavy atom. The van der Waals surface area contributed by atoms with Crippen LogP contribution in [0.3, 0.4) is 0 Å². The number of carbonyl (C=O) groups excluding carboxylic acids is 1. The van der Waals surface area contributed by atoms with Gasteiger partial charge in [0.25, 0.3) is 0 Å². The Balaban J connectivity index is 1.94. The monoisotopic (exact) mass is 226 g/mol. The van der Waals surface area contributed by atoms with Gasteiger partial charge < -0.3 is 9.47 Å². The molecule has 3 heteroatoms. The fraction of sp³-hybridized carbons (Fsp3) is 0.769. The van der Waals surface area contributed by atoms with Crippen molar-refractivity contribution in [2.75, 3.05) is 13.2 Å². The summed E-state index contributed by atoms with van der Waals surface area (Å²) in [5, 5.41) is 0. The molecule has 0 aromatic heterocycles. The molecule has 0 spiro atoms. The van der Waals surface area contributed by atoms with Gasteiger partial charge in [0.05, 0.1) is 0 Å². The van der Waals surface area contributed by atoms with E-state index in [0.29, 0.717) is 6.42 Å². The second-order valence-electron chi connectivity index (χ2n) is 4.11. The third-order valence-electron chi connectivity index (χ3n) is 2.51. The van der Waals surface area contributed by atoms with Gasteiger partial charge in [0.15, 0.2) is 0 Å². The highest BCUT2D eigenvalue weighted by molar-refractivity contribution is 5.70. The Kier molecular flexibility index (Phi) is 6.90. The fourth-order valence-corrected chi connectivity index (χ4v) is 1.65. The van der Waals surface area contributed by atoms with Crippen LogP contribution in [-0.4, -0.2) is 19.2 Å². The van der Waals surface area contributed by atoms with E-state index in [0.717, 1.165) is 57.5 Å². The standard InChI is InChI=1S/C13H22O3/c1-2-10-15-11-6-5-9-13(14)16-12-7-3-4-8-12/h7H,2-6,8-11H2,1H3. The van der Waals surface area contributed by atoms with E-state index in [1.807, 2.05) is 6.08 Å². The summed E-state index contributed by atoms with van der Waals surface area (Å²) in [6.45, 7) is 3.66. The van der Waals surface area contributed by atoms with Crippen molar-refractivity contribution < 1.29 is 14.3 Å². The average molecular weight is 226 g/mol. The molecule has 0 aromatic rings. The van der Waals surface area contributed by atoms with Crippen LogP contribution in [0.15, 0.2) is 11.8 Å². The maximum Gasteiger partial charge on any atom is 0.310 e. The van der Waals surface area contributed by atoms with Crippen molar-refractivity contribution >= 4 is 5.97 Å². The van der Waals surface area contributed by atoms with Crippen LogP contribution < -0.4 is 0 Å². The van der Waals surface area contributed by atoms with Crippen molar-refractivity contribution in [1.29, 1.82) is 0 Å². The zero-order valence-electron chi connectivity index (χ0n) is 10.2. The molecule has 0 aromatic carbocycles. The largest absolute Gasteiger partial charge is 0.431 e. The summed E-state index contributed by atoms with van der Waals surface area (Å²) in [5.74, 6) is 0.774. The number of hydrogen-bond acceptors (Lipinski definition) is 3. The van der Waals surface area contributed by atoms with Gasteiger partial charge in [-0.2, -0.15) is 0 Å². The smallest absolute Gasteiger partial charge is 0.310 e. The zero-order chi connectivity index (χ0) is 11.6. The van der Waals surface area contributed by atoms with Gasteiger partial charge in [0.1, 0.15) is 5.76 Å². The van der Waals surface area contributed by atoms with Crippen molar-refractivity contribution in [1.82, 2.24) is 0 Å². The van der Waals surface area contributed by atoms with E-state index >= 15 is 0 Å². The first-order valence-electron chi connectivity index (χ1n) is 6.30. The van der Waals surface area contributed by atoms with Crippen molar-refractivity contribution in [3.63, 3.8) is 0 Å². The summed E-state index contributed by atoms with van der Waals surface area (Å²) in [6.07, 6.45) is 8.46. The summed E-state index contributed by atoms with van der Waals surface area (Å²) in [7, 11) is 0. The second-order valence-corrected chi connectivity index (χ2v) is 4.11. The maximum absolute atomic E-state index is 11.4. The Hall–Kier alpha value is -0.830. The van der Waals surface area contributed by atoms with Gasteiger partial charge in [-0.25, -0.2) is 0 Å². The molecule has 92 valence electrons. The fourth-order valence-electron chi connectivity index (χ4n) is 1.65. The van der Waals surface area contributed by atoms with Crippen LogP contribution >= 0.6 is 0 Å². The lowest BCUT2D eigenvalue weighted by atomic mass is 10.2. The van der Waals surface area contributed by atoms with Gasteiger partial charge in [0.2, 0.25) is 0 Å². The third kappa shape index (κ3) is 5.91. The van der Waals surface area contributed by atoms with Gasteiger partial charge in [0, 0.05) is 26.1 Å². The highest BCUT2D eigenvalue weighted by atomic mass is 16.5. The van der Waals surface area contributed by atoms with E-state index in [9.17, 15) is 4.79 Å². The number of unbranched alkanes of at least 4 members (excludes halogenated alkanes) is 1. The van der Waals surface area contributed by atoms with E-state index in [1.54, 1.807) is 0 Å². The van der Waals surface area contributed by atoms with Crippen LogP contribution in [0.5, 0.6) is 0 Å². The quantitative estimate of drug-likeness (QED) is 0.471. The van der Waals surface area contributed by atoms with E-state index in [-0.39, 0.29) is 5.97 Å². The molecule has 16 heavy (non-hydrogen) atoms. The van der Waals surface area contributed by atoms with Crippen LogP contribution in [0, 0.1) is 0 Å². The minimum absolute atomic E-state index is 0.0939. The first kappa shape index (κ1) is 13.2. The zero-order valence-corrected chi connectivity index (χ0v) is 10.2. The highest BCUT2D eigenvalue weighted by Gasteiger charge is 2.10. The first-order chi connectivity index (χ1) is 7.83. The normalized spacial score (nSPS) is 14.9. The van der Waals surface area contributed by atoms with Crippen molar-refractivity contribution in [2.45, 2.75) is 51.9 Å². The van der Waals surface area contributed by atoms with E-state index in [1.165, 1.54) is 0 Å². The molecule has 0 bridgehead atoms. The van der Waals surface area contributed by atoms with Crippen LogP contribution in [0.25, 0.3) is 0 Å². The first-order valence-corrected chi connectivity index (χ1v) is 6.30. The molecule has 0 fully saturated rings. The Bertz CT molecular complexity index is 233. The predicted octanol–water partition coefficient (Wildman–Crippen LogP) is 3.19. The van der Waals surface area contributed by atoms with Crippen LogP contribution in [0.2, 0.25) is 0 Å². The van der Waals surface area contributed by atoms with Crippen LogP contribution in [0.1, 0.15) is 51.9 Å². The lowest BCUT2D eigenvalue weighted by Crippen LogP contribution is -2.04. The van der Waals surface area contributed by atoms with Crippen molar-refractivity contribution in [3.8, 4) is 0 Å². The van der Waals surface area contributed by atoms with Gasteiger partial charge in [-0.15, -0.1) is 0 Å². The molecular formula is C13H22O3. The molecular weight excluding hydrogens is 204 g/mol. The average Bonchev–Trinajstić information content (AvgIpc) is 2.76. The SMILES string of the molecule is CCCOCCCCC(=O)OC1=CCCC1. The maximum atomic E-state index is 11.4. The predicted molar refractivity (Wildman–Crippen MR) is 63.0 cm³/mol. The summed E-state index contributed by atoms with van der Waals surface area (Å²) in [6, 6.07) is 0. The van der Waals surface area contributed by atoms with Crippen LogP contribution in [-0.2, 0) is 14.3 Å². The van der Waals surface area contributed by atoms with Gasteiger partial charge in [-0.3, -0.25) is 4.79 Å². The number of carbonyl (C=O) groups is 1. The number of hydrogen-bond donors (Lipinski definition) is 0. The molecule has 0 aliphatic heterocycles. The number of esters is 1. The van der Waals surface area contributed by atoms with Crippen LogP contribution in [0.4, 0.5) is 0 Å². The molecule has 0 saturated heterocycles. The van der Waals surface area contributed by atoms with E-state index in [4.69, 9.17) is 9.47 Å². The summed E-state index contributed by atoms with van der Waals surface area (Å²) < 4.78 is 10.6. The third-order valence-corrected chi connectivity index (χ3v) is 2.51. The molecule has 0 N–H and O–H groups in total. The van der Waals surface area contributed by atoms with Crippen molar-refractivity contribution in [2.24, 2.45) is 0 Å². The molecule has 0 saturated carbocycles. The topological polar surface area (TPSA) is 35.5 Å². The molecule has 0 atom stereocenters. The summed E-state index contributed by atoms with van der Waals surface area (Å²) in [5.41, 5.74) is 0. The Morgan fingerprint density at radius 1 is 1.38 bits per heavy atom. The van der Waals surface area contributed by atoms with Gasteiger partial charge in [-0.05, 0) is 38.2 Å². The highest BCUT2D eigenvalue weighted by Crippen LogP contribution is 2.19. The molecule has 0 amide bonds. The molecule has 0 radical (unpaired) electrons. The Morgan fingerprint density at radius 2 is 2.25 bits per heavy atom. The Labute approximate surface area is 97.8 Å². The van der Waals surface area contributed by atoms with E-state index < -0.39 is 0 Å². The van der Waals surface area contributed by atoms with E-state index in [2.05, 4.69) is 6.92 Å². The number of rotatable bonds is 8. The minimum Gasteiger partial charge on any atom is -0.431 e. The van der Waals surface area contributed by atoms with Gasteiger partial charge >= 0.3 is 5.97 Å². The number of ether oxygens (including phenoxy) is 2. The molecule has 1 aliphatic carbocycles. The lowest BCUT2D eigenvalue weighted by Gasteiger charge is -2.05. The van der Waals surface area contributed by atoms with Crippen molar-refractivity contribution in [3.05, 3.63) is 11.8 Å². The summed E-state index contributed by atoms with van der Waals surface area (Å²) >= 11 is 0. The molecule has 1 rings (SSSR count). The molecule has 1 aliphatic rings. The number of allylic oxidation sites excluding steroid dienone is 2.